The van der Waals surface area contributed by atoms with E-state index in [0.717, 1.165) is 5.56 Å². The van der Waals surface area contributed by atoms with Gasteiger partial charge in [-0.2, -0.15) is 0 Å². The monoisotopic (exact) mass is 361 g/mol. The molecule has 6 heteroatoms. The molecule has 0 fully saturated rings. The maximum absolute atomic E-state index is 12.7. The maximum atomic E-state index is 12.7. The van der Waals surface area contributed by atoms with Gasteiger partial charge in [0.15, 0.2) is 0 Å². The fourth-order valence-electron chi connectivity index (χ4n) is 2.50. The highest BCUT2D eigenvalue weighted by Crippen LogP contribution is 2.07. The molecule has 1 aromatic rings. The highest BCUT2D eigenvalue weighted by molar-refractivity contribution is 5.92. The average Bonchev–Trinajstić information content (AvgIpc) is 2.57. The minimum absolute atomic E-state index is 0.0880. The van der Waals surface area contributed by atoms with Crippen molar-refractivity contribution < 1.29 is 14.4 Å². The van der Waals surface area contributed by atoms with E-state index in [1.54, 1.807) is 0 Å². The summed E-state index contributed by atoms with van der Waals surface area (Å²) in [6.45, 7) is 9.64. The van der Waals surface area contributed by atoms with E-state index in [0.29, 0.717) is 18.9 Å². The van der Waals surface area contributed by atoms with E-state index in [1.165, 1.54) is 6.92 Å². The lowest BCUT2D eigenvalue weighted by molar-refractivity contribution is -0.132. The molecule has 1 aromatic carbocycles. The molecule has 144 valence electrons. The van der Waals surface area contributed by atoms with Crippen molar-refractivity contribution in [3.8, 4) is 0 Å². The molecule has 0 heterocycles. The zero-order valence-electron chi connectivity index (χ0n) is 16.3. The third-order valence-corrected chi connectivity index (χ3v) is 3.91. The zero-order chi connectivity index (χ0) is 19.7. The number of benzene rings is 1. The quantitative estimate of drug-likeness (QED) is 0.625. The molecule has 0 saturated heterocycles. The summed E-state index contributed by atoms with van der Waals surface area (Å²) in [6.07, 6.45) is 0.390. The van der Waals surface area contributed by atoms with Gasteiger partial charge in [0, 0.05) is 19.9 Å². The van der Waals surface area contributed by atoms with E-state index in [9.17, 15) is 14.4 Å². The van der Waals surface area contributed by atoms with Gasteiger partial charge in [-0.05, 0) is 17.4 Å². The first-order valence-electron chi connectivity index (χ1n) is 9.09. The number of hydrogen-bond acceptors (Lipinski definition) is 3. The first kappa shape index (κ1) is 21.7. The Balaban J connectivity index is 2.90. The molecule has 0 bridgehead atoms. The zero-order valence-corrected chi connectivity index (χ0v) is 16.3. The maximum Gasteiger partial charge on any atom is 0.243 e. The molecule has 26 heavy (non-hydrogen) atoms. The lowest BCUT2D eigenvalue weighted by Crippen LogP contribution is -2.56. The molecule has 3 amide bonds. The van der Waals surface area contributed by atoms with Gasteiger partial charge in [0.05, 0.1) is 0 Å². The van der Waals surface area contributed by atoms with Gasteiger partial charge in [0.2, 0.25) is 17.7 Å². The minimum atomic E-state index is -0.696. The second-order valence-electron chi connectivity index (χ2n) is 7.31. The number of amides is 3. The fourth-order valence-corrected chi connectivity index (χ4v) is 2.50. The number of carbonyl (C=O) groups is 3. The van der Waals surface area contributed by atoms with Crippen LogP contribution >= 0.6 is 0 Å². The van der Waals surface area contributed by atoms with Crippen molar-refractivity contribution in [1.82, 2.24) is 16.0 Å². The largest absolute Gasteiger partial charge is 0.354 e. The van der Waals surface area contributed by atoms with E-state index in [-0.39, 0.29) is 23.6 Å². The molecule has 1 unspecified atom stereocenters. The molecule has 0 spiro atoms. The summed E-state index contributed by atoms with van der Waals surface area (Å²) in [5, 5.41) is 8.34. The van der Waals surface area contributed by atoms with Crippen LogP contribution in [0.1, 0.15) is 40.2 Å². The highest BCUT2D eigenvalue weighted by Gasteiger charge is 2.28. The van der Waals surface area contributed by atoms with Gasteiger partial charge < -0.3 is 16.0 Å². The van der Waals surface area contributed by atoms with Gasteiger partial charge in [-0.25, -0.2) is 0 Å². The van der Waals surface area contributed by atoms with Crippen molar-refractivity contribution in [2.24, 2.45) is 11.8 Å². The van der Waals surface area contributed by atoms with Crippen molar-refractivity contribution >= 4 is 17.7 Å². The minimum Gasteiger partial charge on any atom is -0.354 e. The molecule has 0 aliphatic heterocycles. The van der Waals surface area contributed by atoms with E-state index in [1.807, 2.05) is 58.0 Å². The Morgan fingerprint density at radius 1 is 0.923 bits per heavy atom. The van der Waals surface area contributed by atoms with Crippen molar-refractivity contribution in [2.75, 3.05) is 6.54 Å². The van der Waals surface area contributed by atoms with Gasteiger partial charge in [0.25, 0.3) is 0 Å². The third kappa shape index (κ3) is 7.68. The molecule has 0 saturated carbocycles. The van der Waals surface area contributed by atoms with Gasteiger partial charge >= 0.3 is 0 Å². The summed E-state index contributed by atoms with van der Waals surface area (Å²) >= 11 is 0. The molecule has 2 atom stereocenters. The van der Waals surface area contributed by atoms with Crippen molar-refractivity contribution in [3.05, 3.63) is 35.9 Å². The summed E-state index contributed by atoms with van der Waals surface area (Å²) in [5.74, 6) is -0.621. The molecule has 3 N–H and O–H groups in total. The number of rotatable bonds is 9. The van der Waals surface area contributed by atoms with E-state index in [4.69, 9.17) is 0 Å². The normalized spacial score (nSPS) is 13.2. The first-order valence-corrected chi connectivity index (χ1v) is 9.09. The van der Waals surface area contributed by atoms with Crippen LogP contribution in [-0.4, -0.2) is 36.3 Å². The second-order valence-corrected chi connectivity index (χ2v) is 7.31. The van der Waals surface area contributed by atoms with Crippen LogP contribution in [0.4, 0.5) is 0 Å². The van der Waals surface area contributed by atoms with Gasteiger partial charge in [0.1, 0.15) is 12.1 Å². The average molecular weight is 361 g/mol. The molecule has 1 rings (SSSR count). The fraction of sp³-hybridized carbons (Fsp3) is 0.550. The Hall–Kier alpha value is -2.37. The van der Waals surface area contributed by atoms with Crippen LogP contribution in [0.3, 0.4) is 0 Å². The highest BCUT2D eigenvalue weighted by atomic mass is 16.2. The van der Waals surface area contributed by atoms with Crippen molar-refractivity contribution in [1.29, 1.82) is 0 Å². The smallest absolute Gasteiger partial charge is 0.243 e. The molecule has 6 nitrogen and oxygen atoms in total. The summed E-state index contributed by atoms with van der Waals surface area (Å²) < 4.78 is 0. The predicted octanol–water partition coefficient (Wildman–Crippen LogP) is 1.65. The molecule has 0 aromatic heterocycles. The van der Waals surface area contributed by atoms with E-state index < -0.39 is 12.1 Å². The van der Waals surface area contributed by atoms with Crippen molar-refractivity contribution in [3.63, 3.8) is 0 Å². The van der Waals surface area contributed by atoms with Crippen LogP contribution in [0, 0.1) is 11.8 Å². The van der Waals surface area contributed by atoms with E-state index in [2.05, 4.69) is 16.0 Å². The number of carbonyl (C=O) groups excluding carboxylic acids is 3. The molecular weight excluding hydrogens is 330 g/mol. The van der Waals surface area contributed by atoms with Crippen LogP contribution in [0.2, 0.25) is 0 Å². The van der Waals surface area contributed by atoms with Crippen LogP contribution in [-0.2, 0) is 20.8 Å². The van der Waals surface area contributed by atoms with Crippen molar-refractivity contribution in [2.45, 2.75) is 53.1 Å². The lowest BCUT2D eigenvalue weighted by atomic mass is 10.0. The Bertz CT molecular complexity index is 600. The molecule has 0 aliphatic rings. The number of nitrogens with one attached hydrogen (secondary N) is 3. The summed E-state index contributed by atoms with van der Waals surface area (Å²) in [5.41, 5.74) is 0.957. The molecule has 0 radical (unpaired) electrons. The lowest BCUT2D eigenvalue weighted by Gasteiger charge is -2.25. The van der Waals surface area contributed by atoms with Crippen LogP contribution in [0.5, 0.6) is 0 Å². The predicted molar refractivity (Wildman–Crippen MR) is 102 cm³/mol. The third-order valence-electron chi connectivity index (χ3n) is 3.91. The summed E-state index contributed by atoms with van der Waals surface area (Å²) in [4.78, 5) is 36.6. The Morgan fingerprint density at radius 2 is 1.54 bits per heavy atom. The van der Waals surface area contributed by atoms with Crippen LogP contribution < -0.4 is 16.0 Å². The van der Waals surface area contributed by atoms with E-state index >= 15 is 0 Å². The number of hydrogen-bond donors (Lipinski definition) is 3. The second kappa shape index (κ2) is 10.6. The van der Waals surface area contributed by atoms with Crippen LogP contribution in [0.15, 0.2) is 30.3 Å². The van der Waals surface area contributed by atoms with Gasteiger partial charge in [-0.3, -0.25) is 14.4 Å². The van der Waals surface area contributed by atoms with Crippen LogP contribution in [0.25, 0.3) is 0 Å². The van der Waals surface area contributed by atoms with Gasteiger partial charge in [-0.15, -0.1) is 0 Å². The summed E-state index contributed by atoms with van der Waals surface area (Å²) in [7, 11) is 0. The SMILES string of the molecule is CC(=O)N[C@H](C(=O)NC(Cc1ccccc1)C(=O)NCC(C)C)C(C)C. The first-order chi connectivity index (χ1) is 12.2. The Kier molecular flexibility index (Phi) is 8.82. The molecular formula is C20H31N3O3. The standard InChI is InChI=1S/C20H31N3O3/c1-13(2)12-21-19(25)17(11-16-9-7-6-8-10-16)23-20(26)18(14(3)4)22-15(5)24/h6-10,13-14,17-18H,11-12H2,1-5H3,(H,21,25)(H,22,24)(H,23,26)/t17?,18-/m0/s1. The topological polar surface area (TPSA) is 87.3 Å². The Labute approximate surface area is 156 Å². The van der Waals surface area contributed by atoms with Gasteiger partial charge in [-0.1, -0.05) is 58.0 Å². The summed E-state index contributed by atoms with van der Waals surface area (Å²) in [6, 6.07) is 8.16. The Morgan fingerprint density at radius 3 is 2.04 bits per heavy atom. The molecule has 0 aliphatic carbocycles.